The zero-order chi connectivity index (χ0) is 13.3. The molecule has 3 rings (SSSR count). The Morgan fingerprint density at radius 2 is 2.17 bits per heavy atom. The van der Waals surface area contributed by atoms with E-state index in [-0.39, 0.29) is 0 Å². The second-order valence-electron chi connectivity index (χ2n) is 3.37. The molecule has 0 aliphatic rings. The first kappa shape index (κ1) is 13.0. The molecular weight excluding hydrogens is 314 g/mol. The van der Waals surface area contributed by atoms with Crippen LogP contribution in [0, 0.1) is 0 Å². The normalized spacial score (nSPS) is 10.4. The Kier molecular flexibility index (Phi) is 3.68. The van der Waals surface area contributed by atoms with Crippen LogP contribution in [0.3, 0.4) is 0 Å². The third-order valence-corrected chi connectivity index (χ3v) is 3.75. The molecule has 18 heavy (non-hydrogen) atoms. The highest BCUT2D eigenvalue weighted by Crippen LogP contribution is 2.28. The van der Waals surface area contributed by atoms with E-state index in [1.165, 1.54) is 11.3 Å². The molecule has 0 spiro atoms. The van der Waals surface area contributed by atoms with E-state index >= 15 is 0 Å². The summed E-state index contributed by atoms with van der Waals surface area (Å²) >= 11 is 4.86. The zero-order valence-electron chi connectivity index (χ0n) is 9.98. The Morgan fingerprint density at radius 1 is 1.44 bits per heavy atom. The molecule has 4 nitrogen and oxygen atoms in total. The topological polar surface area (TPSA) is 60.4 Å². The molecule has 1 amide bonds. The fourth-order valence-electron chi connectivity index (χ4n) is 1.63. The number of hydrogen-bond acceptors (Lipinski definition) is 3. The predicted octanol–water partition coefficient (Wildman–Crippen LogP) is 3.44. The van der Waals surface area contributed by atoms with E-state index in [4.69, 9.17) is 5.73 Å². The lowest BCUT2D eigenvalue weighted by molar-refractivity contribution is 0.100. The highest BCUT2D eigenvalue weighted by atomic mass is 79.9. The van der Waals surface area contributed by atoms with Crippen LogP contribution in [0.2, 0.25) is 0 Å². The minimum Gasteiger partial charge on any atom is -0.366 e. The maximum Gasteiger partial charge on any atom is 0.248 e. The van der Waals surface area contributed by atoms with E-state index in [0.29, 0.717) is 5.56 Å². The van der Waals surface area contributed by atoms with Crippen molar-refractivity contribution in [3.63, 3.8) is 0 Å². The third kappa shape index (κ3) is 2.13. The molecule has 0 radical (unpaired) electrons. The van der Waals surface area contributed by atoms with Crippen molar-refractivity contribution >= 4 is 48.4 Å². The number of thiazole rings is 1. The number of rotatable bonds is 1. The summed E-state index contributed by atoms with van der Waals surface area (Å²) in [5.41, 5.74) is 6.79. The molecule has 94 valence electrons. The maximum absolute atomic E-state index is 11.0. The maximum atomic E-state index is 11.0. The summed E-state index contributed by atoms with van der Waals surface area (Å²) < 4.78 is 3.79. The van der Waals surface area contributed by atoms with E-state index in [1.807, 2.05) is 30.5 Å². The largest absolute Gasteiger partial charge is 0.366 e. The summed E-state index contributed by atoms with van der Waals surface area (Å²) in [6, 6.07) is 5.41. The summed E-state index contributed by atoms with van der Waals surface area (Å²) in [7, 11) is 0. The van der Waals surface area contributed by atoms with Gasteiger partial charge in [-0.3, -0.25) is 9.20 Å². The van der Waals surface area contributed by atoms with Crippen LogP contribution >= 0.6 is 27.3 Å². The number of fused-ring (bicyclic) bond motifs is 3. The number of imidazole rings is 1. The van der Waals surface area contributed by atoms with E-state index < -0.39 is 5.91 Å². The molecule has 0 saturated heterocycles. The first-order chi connectivity index (χ1) is 8.65. The number of carbonyl (C=O) groups is 1. The molecule has 0 bridgehead atoms. The Hall–Kier alpha value is -1.40. The summed E-state index contributed by atoms with van der Waals surface area (Å²) in [5, 5.41) is 0. The Morgan fingerprint density at radius 3 is 2.83 bits per heavy atom. The van der Waals surface area contributed by atoms with Gasteiger partial charge in [-0.25, -0.2) is 4.98 Å². The molecule has 0 aliphatic carbocycles. The number of amides is 1. The first-order valence-electron chi connectivity index (χ1n) is 5.52. The highest BCUT2D eigenvalue weighted by Gasteiger charge is 2.09. The van der Waals surface area contributed by atoms with Gasteiger partial charge in [0.1, 0.15) is 4.60 Å². The van der Waals surface area contributed by atoms with Crippen LogP contribution in [0.1, 0.15) is 24.2 Å². The number of hydrogen-bond donors (Lipinski definition) is 1. The number of halogens is 1. The van der Waals surface area contributed by atoms with Crippen LogP contribution in [0.25, 0.3) is 15.2 Å². The van der Waals surface area contributed by atoms with Gasteiger partial charge in [0, 0.05) is 11.8 Å². The molecule has 3 aromatic rings. The van der Waals surface area contributed by atoms with E-state index in [9.17, 15) is 4.79 Å². The molecule has 2 N–H and O–H groups in total. The SMILES string of the molecule is CC.NC(=O)c1ccc2c(c1)sc1nc(Br)cn12. The van der Waals surface area contributed by atoms with E-state index in [1.54, 1.807) is 12.1 Å². The third-order valence-electron chi connectivity index (χ3n) is 2.35. The molecule has 0 unspecified atom stereocenters. The van der Waals surface area contributed by atoms with Crippen LogP contribution in [0.5, 0.6) is 0 Å². The lowest BCUT2D eigenvalue weighted by Crippen LogP contribution is -2.10. The van der Waals surface area contributed by atoms with Gasteiger partial charge in [0.15, 0.2) is 4.96 Å². The van der Waals surface area contributed by atoms with Crippen molar-refractivity contribution in [2.45, 2.75) is 13.8 Å². The van der Waals surface area contributed by atoms with Crippen LogP contribution < -0.4 is 5.73 Å². The minimum atomic E-state index is -0.408. The van der Waals surface area contributed by atoms with Gasteiger partial charge in [0.05, 0.1) is 10.2 Å². The van der Waals surface area contributed by atoms with Gasteiger partial charge < -0.3 is 5.73 Å². The highest BCUT2D eigenvalue weighted by molar-refractivity contribution is 9.10. The van der Waals surface area contributed by atoms with E-state index in [0.717, 1.165) is 19.8 Å². The van der Waals surface area contributed by atoms with Crippen molar-refractivity contribution in [1.82, 2.24) is 9.38 Å². The van der Waals surface area contributed by atoms with Crippen LogP contribution in [0.15, 0.2) is 29.0 Å². The van der Waals surface area contributed by atoms with Crippen LogP contribution in [0.4, 0.5) is 0 Å². The van der Waals surface area contributed by atoms with Crippen molar-refractivity contribution in [2.75, 3.05) is 0 Å². The summed E-state index contributed by atoms with van der Waals surface area (Å²) in [6.07, 6.45) is 1.90. The second-order valence-corrected chi connectivity index (χ2v) is 5.19. The molecule has 2 heterocycles. The van der Waals surface area contributed by atoms with Crippen molar-refractivity contribution in [3.8, 4) is 0 Å². The molecule has 0 atom stereocenters. The number of aromatic nitrogens is 2. The van der Waals surface area contributed by atoms with Gasteiger partial charge in [0.25, 0.3) is 0 Å². The fourth-order valence-corrected chi connectivity index (χ4v) is 3.16. The number of benzene rings is 1. The Balaban J connectivity index is 0.000000574. The number of nitrogens with zero attached hydrogens (tertiary/aromatic N) is 2. The standard InChI is InChI=1S/C10H6BrN3OS.C2H6/c11-8-4-14-6-2-1-5(9(12)15)3-7(6)16-10(14)13-8;1-2/h1-4H,(H2,12,15);1-2H3. The van der Waals surface area contributed by atoms with Crippen molar-refractivity contribution in [1.29, 1.82) is 0 Å². The van der Waals surface area contributed by atoms with Gasteiger partial charge in [-0.1, -0.05) is 25.2 Å². The van der Waals surface area contributed by atoms with Crippen molar-refractivity contribution in [2.24, 2.45) is 5.73 Å². The molecule has 0 aliphatic heterocycles. The van der Waals surface area contributed by atoms with Crippen molar-refractivity contribution in [3.05, 3.63) is 34.6 Å². The molecule has 2 aromatic heterocycles. The van der Waals surface area contributed by atoms with E-state index in [2.05, 4.69) is 20.9 Å². The smallest absolute Gasteiger partial charge is 0.248 e. The summed E-state index contributed by atoms with van der Waals surface area (Å²) in [6.45, 7) is 4.00. The molecule has 6 heteroatoms. The average Bonchev–Trinajstić information content (AvgIpc) is 2.86. The second kappa shape index (κ2) is 5.07. The molecule has 1 aromatic carbocycles. The number of nitrogens with two attached hydrogens (primary N) is 1. The lowest BCUT2D eigenvalue weighted by Gasteiger charge is -1.95. The number of carbonyl (C=O) groups excluding carboxylic acids is 1. The quantitative estimate of drug-likeness (QED) is 0.745. The summed E-state index contributed by atoms with van der Waals surface area (Å²) in [5.74, 6) is -0.408. The predicted molar refractivity (Wildman–Crippen MR) is 78.1 cm³/mol. The zero-order valence-corrected chi connectivity index (χ0v) is 12.4. The van der Waals surface area contributed by atoms with Gasteiger partial charge >= 0.3 is 0 Å². The Labute approximate surface area is 117 Å². The van der Waals surface area contributed by atoms with Gasteiger partial charge in [-0.15, -0.1) is 0 Å². The molecule has 0 fully saturated rings. The average molecular weight is 326 g/mol. The van der Waals surface area contributed by atoms with Gasteiger partial charge in [-0.2, -0.15) is 0 Å². The number of primary amides is 1. The lowest BCUT2D eigenvalue weighted by atomic mass is 10.2. The monoisotopic (exact) mass is 325 g/mol. The molecular formula is C12H12BrN3OS. The summed E-state index contributed by atoms with van der Waals surface area (Å²) in [4.78, 5) is 16.2. The van der Waals surface area contributed by atoms with Gasteiger partial charge in [-0.05, 0) is 34.1 Å². The van der Waals surface area contributed by atoms with Crippen molar-refractivity contribution < 1.29 is 4.79 Å². The van der Waals surface area contributed by atoms with Crippen LogP contribution in [-0.2, 0) is 0 Å². The first-order valence-corrected chi connectivity index (χ1v) is 7.13. The molecule has 0 saturated carbocycles. The Bertz CT molecular complexity index is 717. The van der Waals surface area contributed by atoms with Gasteiger partial charge in [0.2, 0.25) is 5.91 Å². The van der Waals surface area contributed by atoms with Crippen LogP contribution in [-0.4, -0.2) is 15.3 Å². The fraction of sp³-hybridized carbons (Fsp3) is 0.167. The minimum absolute atomic E-state index is 0.408.